The molecule has 1 aliphatic heterocycles. The first-order chi connectivity index (χ1) is 9.33. The lowest BCUT2D eigenvalue weighted by Gasteiger charge is -2.38. The van der Waals surface area contributed by atoms with Crippen molar-refractivity contribution in [2.75, 3.05) is 19.6 Å². The second-order valence-corrected chi connectivity index (χ2v) is 7.35. The molecule has 2 aliphatic carbocycles. The predicted molar refractivity (Wildman–Crippen MR) is 81.4 cm³/mol. The lowest BCUT2D eigenvalue weighted by Crippen LogP contribution is -2.46. The van der Waals surface area contributed by atoms with Crippen LogP contribution in [0.5, 0.6) is 0 Å². The van der Waals surface area contributed by atoms with Gasteiger partial charge in [-0.15, -0.1) is 0 Å². The molecule has 19 heavy (non-hydrogen) atoms. The van der Waals surface area contributed by atoms with Gasteiger partial charge < -0.3 is 5.32 Å². The minimum absolute atomic E-state index is 0.820. The maximum Gasteiger partial charge on any atom is 0.0124 e. The highest BCUT2D eigenvalue weighted by Crippen LogP contribution is 2.36. The van der Waals surface area contributed by atoms with Gasteiger partial charge in [-0.3, -0.25) is 4.90 Å². The zero-order valence-corrected chi connectivity index (χ0v) is 12.7. The number of hydrogen-bond acceptors (Lipinski definition) is 2. The van der Waals surface area contributed by atoms with Gasteiger partial charge in [-0.2, -0.15) is 0 Å². The lowest BCUT2D eigenvalue weighted by molar-refractivity contribution is 0.112. The second-order valence-electron chi connectivity index (χ2n) is 7.35. The average molecular weight is 264 g/mol. The van der Waals surface area contributed by atoms with Crippen LogP contribution in [-0.2, 0) is 0 Å². The number of likely N-dealkylation sites (tertiary alicyclic amines) is 1. The standard InChI is InChI=1S/C17H32N2/c1-14-7-9-16(10-8-14)18-11-13-19-12-3-5-15-4-2-6-17(15)19/h14-18H,2-13H2,1H3. The first-order valence-corrected chi connectivity index (χ1v) is 8.80. The fourth-order valence-electron chi connectivity index (χ4n) is 4.71. The summed E-state index contributed by atoms with van der Waals surface area (Å²) >= 11 is 0. The Balaban J connectivity index is 1.37. The van der Waals surface area contributed by atoms with Crippen LogP contribution < -0.4 is 5.32 Å². The molecule has 0 aromatic heterocycles. The molecular weight excluding hydrogens is 232 g/mol. The van der Waals surface area contributed by atoms with Gasteiger partial charge in [0.1, 0.15) is 0 Å². The molecule has 1 heterocycles. The number of fused-ring (bicyclic) bond motifs is 1. The molecule has 1 N–H and O–H groups in total. The fraction of sp³-hybridized carbons (Fsp3) is 1.00. The Hall–Kier alpha value is -0.0800. The van der Waals surface area contributed by atoms with Gasteiger partial charge in [-0.05, 0) is 69.7 Å². The summed E-state index contributed by atoms with van der Waals surface area (Å²) in [5, 5.41) is 3.83. The van der Waals surface area contributed by atoms with Crippen LogP contribution in [0, 0.1) is 11.8 Å². The van der Waals surface area contributed by atoms with E-state index < -0.39 is 0 Å². The second kappa shape index (κ2) is 6.58. The van der Waals surface area contributed by atoms with E-state index in [2.05, 4.69) is 17.1 Å². The number of nitrogens with one attached hydrogen (secondary N) is 1. The van der Waals surface area contributed by atoms with E-state index >= 15 is 0 Å². The lowest BCUT2D eigenvalue weighted by atomic mass is 9.87. The number of piperidine rings is 1. The summed E-state index contributed by atoms with van der Waals surface area (Å²) in [6.07, 6.45) is 13.1. The van der Waals surface area contributed by atoms with Gasteiger partial charge in [-0.25, -0.2) is 0 Å². The molecule has 0 spiro atoms. The zero-order valence-electron chi connectivity index (χ0n) is 12.7. The molecule has 2 heteroatoms. The normalized spacial score (nSPS) is 40.3. The van der Waals surface area contributed by atoms with Gasteiger partial charge in [0.25, 0.3) is 0 Å². The highest BCUT2D eigenvalue weighted by atomic mass is 15.2. The Morgan fingerprint density at radius 3 is 2.58 bits per heavy atom. The van der Waals surface area contributed by atoms with Crippen molar-refractivity contribution < 1.29 is 0 Å². The van der Waals surface area contributed by atoms with Gasteiger partial charge in [0.05, 0.1) is 0 Å². The SMILES string of the molecule is CC1CCC(NCCN2CCCC3CCCC32)CC1. The molecule has 2 unspecified atom stereocenters. The van der Waals surface area contributed by atoms with Gasteiger partial charge in [0, 0.05) is 25.2 Å². The van der Waals surface area contributed by atoms with Crippen LogP contribution in [-0.4, -0.2) is 36.6 Å². The van der Waals surface area contributed by atoms with Crippen LogP contribution in [0.2, 0.25) is 0 Å². The Morgan fingerprint density at radius 1 is 0.947 bits per heavy atom. The van der Waals surface area contributed by atoms with Gasteiger partial charge in [0.15, 0.2) is 0 Å². The van der Waals surface area contributed by atoms with Gasteiger partial charge in [0.2, 0.25) is 0 Å². The molecule has 2 nitrogen and oxygen atoms in total. The molecule has 1 saturated heterocycles. The van der Waals surface area contributed by atoms with Crippen molar-refractivity contribution in [3.05, 3.63) is 0 Å². The molecule has 0 aromatic carbocycles. The summed E-state index contributed by atoms with van der Waals surface area (Å²) in [6, 6.07) is 1.77. The third kappa shape index (κ3) is 3.52. The van der Waals surface area contributed by atoms with Crippen molar-refractivity contribution in [3.63, 3.8) is 0 Å². The molecule has 0 radical (unpaired) electrons. The maximum atomic E-state index is 3.83. The van der Waals surface area contributed by atoms with E-state index in [1.165, 1.54) is 77.4 Å². The van der Waals surface area contributed by atoms with Crippen molar-refractivity contribution in [1.29, 1.82) is 0 Å². The minimum Gasteiger partial charge on any atom is -0.313 e. The Kier molecular flexibility index (Phi) is 4.81. The van der Waals surface area contributed by atoms with Crippen LogP contribution in [0.3, 0.4) is 0 Å². The van der Waals surface area contributed by atoms with Gasteiger partial charge in [-0.1, -0.05) is 13.3 Å². The third-order valence-electron chi connectivity index (χ3n) is 5.96. The Bertz CT molecular complexity index is 270. The van der Waals surface area contributed by atoms with Crippen LogP contribution >= 0.6 is 0 Å². The smallest absolute Gasteiger partial charge is 0.0124 e. The zero-order chi connectivity index (χ0) is 13.1. The molecular formula is C17H32N2. The first-order valence-electron chi connectivity index (χ1n) is 8.80. The van der Waals surface area contributed by atoms with Crippen molar-refractivity contribution in [2.45, 2.75) is 76.8 Å². The summed E-state index contributed by atoms with van der Waals surface area (Å²) in [4.78, 5) is 2.81. The quantitative estimate of drug-likeness (QED) is 0.837. The Labute approximate surface area is 119 Å². The van der Waals surface area contributed by atoms with E-state index in [4.69, 9.17) is 0 Å². The molecule has 0 amide bonds. The molecule has 0 bridgehead atoms. The van der Waals surface area contributed by atoms with E-state index in [1.54, 1.807) is 0 Å². The first kappa shape index (κ1) is 13.9. The minimum atomic E-state index is 0.820. The summed E-state index contributed by atoms with van der Waals surface area (Å²) in [7, 11) is 0. The van der Waals surface area contributed by atoms with Crippen LogP contribution in [0.15, 0.2) is 0 Å². The number of rotatable bonds is 4. The summed E-state index contributed by atoms with van der Waals surface area (Å²) in [6.45, 7) is 6.30. The van der Waals surface area contributed by atoms with Crippen molar-refractivity contribution in [1.82, 2.24) is 10.2 Å². The van der Waals surface area contributed by atoms with Crippen LogP contribution in [0.25, 0.3) is 0 Å². The Morgan fingerprint density at radius 2 is 1.74 bits per heavy atom. The largest absolute Gasteiger partial charge is 0.313 e. The van der Waals surface area contributed by atoms with Crippen LogP contribution in [0.4, 0.5) is 0 Å². The highest BCUT2D eigenvalue weighted by molar-refractivity contribution is 4.89. The van der Waals surface area contributed by atoms with E-state index in [0.717, 1.165) is 23.9 Å². The predicted octanol–water partition coefficient (Wildman–Crippen LogP) is 3.42. The molecule has 3 fully saturated rings. The van der Waals surface area contributed by atoms with Crippen molar-refractivity contribution in [2.24, 2.45) is 11.8 Å². The summed E-state index contributed by atoms with van der Waals surface area (Å²) in [5.41, 5.74) is 0. The molecule has 0 aromatic rings. The van der Waals surface area contributed by atoms with Crippen LogP contribution in [0.1, 0.15) is 64.7 Å². The molecule has 3 aliphatic rings. The fourth-order valence-corrected chi connectivity index (χ4v) is 4.71. The molecule has 110 valence electrons. The summed E-state index contributed by atoms with van der Waals surface area (Å²) in [5.74, 6) is 2.02. The highest BCUT2D eigenvalue weighted by Gasteiger charge is 2.34. The number of nitrogens with zero attached hydrogens (tertiary/aromatic N) is 1. The van der Waals surface area contributed by atoms with E-state index in [9.17, 15) is 0 Å². The van der Waals surface area contributed by atoms with Crippen molar-refractivity contribution >= 4 is 0 Å². The molecule has 2 saturated carbocycles. The molecule has 2 atom stereocenters. The average Bonchev–Trinajstić information content (AvgIpc) is 2.90. The number of hydrogen-bond donors (Lipinski definition) is 1. The monoisotopic (exact) mass is 264 g/mol. The van der Waals surface area contributed by atoms with E-state index in [0.29, 0.717) is 0 Å². The van der Waals surface area contributed by atoms with Crippen molar-refractivity contribution in [3.8, 4) is 0 Å². The topological polar surface area (TPSA) is 15.3 Å². The van der Waals surface area contributed by atoms with Gasteiger partial charge >= 0.3 is 0 Å². The third-order valence-corrected chi connectivity index (χ3v) is 5.96. The summed E-state index contributed by atoms with van der Waals surface area (Å²) < 4.78 is 0. The van der Waals surface area contributed by atoms with E-state index in [-0.39, 0.29) is 0 Å². The molecule has 3 rings (SSSR count). The van der Waals surface area contributed by atoms with E-state index in [1.807, 2.05) is 0 Å². The maximum absolute atomic E-state index is 3.83.